The van der Waals surface area contributed by atoms with Crippen molar-refractivity contribution < 1.29 is 23.0 Å². The summed E-state index contributed by atoms with van der Waals surface area (Å²) in [6, 6.07) is 19.5. The Balaban J connectivity index is 1.58. The molecule has 0 bridgehead atoms. The average Bonchev–Trinajstić information content (AvgIpc) is 2.79. The van der Waals surface area contributed by atoms with Crippen LogP contribution in [0.15, 0.2) is 72.8 Å². The molecular formula is C24H18F2N2O3. The summed E-state index contributed by atoms with van der Waals surface area (Å²) >= 11 is 0. The number of halogens is 2. The lowest BCUT2D eigenvalue weighted by Gasteiger charge is -2.12. The lowest BCUT2D eigenvalue weighted by Crippen LogP contribution is -2.21. The number of hydrogen-bond donors (Lipinski definition) is 1. The van der Waals surface area contributed by atoms with E-state index in [1.807, 2.05) is 48.5 Å². The molecular weight excluding hydrogens is 402 g/mol. The Kier molecular flexibility index (Phi) is 5.75. The standard InChI is InChI=1S/C24H18F2N2O3/c1-30-17-9-6-15(7-10-17)22-13-23(18-4-2-3-5-20(18)27-22)31-14-24(29)28-21-11-8-16(25)12-19(21)26/h2-13H,14H2,1H3,(H,28,29). The number of carbonyl (C=O) groups excluding carboxylic acids is 1. The number of nitrogens with one attached hydrogen (secondary N) is 1. The average molecular weight is 420 g/mol. The molecule has 0 aliphatic rings. The molecule has 0 aliphatic heterocycles. The zero-order valence-electron chi connectivity index (χ0n) is 16.6. The quantitative estimate of drug-likeness (QED) is 0.465. The first-order chi connectivity index (χ1) is 15.0. The van der Waals surface area contributed by atoms with Crippen molar-refractivity contribution in [2.75, 3.05) is 19.0 Å². The Hall–Kier alpha value is -4.00. The van der Waals surface area contributed by atoms with E-state index in [0.29, 0.717) is 23.0 Å². The predicted molar refractivity (Wildman–Crippen MR) is 114 cm³/mol. The number of aromatic nitrogens is 1. The van der Waals surface area contributed by atoms with Crippen molar-refractivity contribution in [3.63, 3.8) is 0 Å². The second-order valence-corrected chi connectivity index (χ2v) is 6.71. The van der Waals surface area contributed by atoms with E-state index < -0.39 is 17.5 Å². The van der Waals surface area contributed by atoms with Crippen LogP contribution in [0.2, 0.25) is 0 Å². The summed E-state index contributed by atoms with van der Waals surface area (Å²) < 4.78 is 37.7. The molecule has 4 rings (SSSR count). The van der Waals surface area contributed by atoms with Crippen molar-refractivity contribution in [2.24, 2.45) is 0 Å². The number of fused-ring (bicyclic) bond motifs is 1. The van der Waals surface area contributed by atoms with Gasteiger partial charge < -0.3 is 14.8 Å². The minimum absolute atomic E-state index is 0.117. The smallest absolute Gasteiger partial charge is 0.262 e. The molecule has 0 saturated heterocycles. The van der Waals surface area contributed by atoms with Gasteiger partial charge >= 0.3 is 0 Å². The highest BCUT2D eigenvalue weighted by atomic mass is 19.1. The molecule has 31 heavy (non-hydrogen) atoms. The molecule has 0 fully saturated rings. The summed E-state index contributed by atoms with van der Waals surface area (Å²) in [6.45, 7) is -0.354. The highest BCUT2D eigenvalue weighted by Crippen LogP contribution is 2.31. The second kappa shape index (κ2) is 8.79. The third-order valence-corrected chi connectivity index (χ3v) is 4.63. The molecule has 0 saturated carbocycles. The Bertz CT molecular complexity index is 1240. The number of hydrogen-bond acceptors (Lipinski definition) is 4. The van der Waals surface area contributed by atoms with Crippen molar-refractivity contribution in [3.8, 4) is 22.8 Å². The van der Waals surface area contributed by atoms with Gasteiger partial charge in [0, 0.05) is 23.1 Å². The number of carbonyl (C=O) groups is 1. The topological polar surface area (TPSA) is 60.5 Å². The third-order valence-electron chi connectivity index (χ3n) is 4.63. The van der Waals surface area contributed by atoms with Crippen LogP contribution in [0, 0.1) is 11.6 Å². The summed E-state index contributed by atoms with van der Waals surface area (Å²) in [4.78, 5) is 16.9. The van der Waals surface area contributed by atoms with Crippen molar-refractivity contribution in [1.82, 2.24) is 4.98 Å². The van der Waals surface area contributed by atoms with Gasteiger partial charge in [-0.1, -0.05) is 12.1 Å². The lowest BCUT2D eigenvalue weighted by atomic mass is 10.1. The first-order valence-electron chi connectivity index (χ1n) is 9.45. The number of para-hydroxylation sites is 1. The summed E-state index contributed by atoms with van der Waals surface area (Å²) in [5.74, 6) is -0.958. The number of methoxy groups -OCH3 is 1. The summed E-state index contributed by atoms with van der Waals surface area (Å²) in [5, 5.41) is 3.12. The van der Waals surface area contributed by atoms with Gasteiger partial charge in [-0.2, -0.15) is 0 Å². The van der Waals surface area contributed by atoms with Gasteiger partial charge in [-0.15, -0.1) is 0 Å². The molecule has 1 amide bonds. The minimum atomic E-state index is -0.857. The number of nitrogens with zero attached hydrogens (tertiary/aromatic N) is 1. The van der Waals surface area contributed by atoms with Gasteiger partial charge in [0.25, 0.3) is 5.91 Å². The lowest BCUT2D eigenvalue weighted by molar-refractivity contribution is -0.118. The summed E-state index contributed by atoms with van der Waals surface area (Å²) in [5.41, 5.74) is 2.11. The Morgan fingerprint density at radius 1 is 1.00 bits per heavy atom. The summed E-state index contributed by atoms with van der Waals surface area (Å²) in [6.07, 6.45) is 0. The van der Waals surface area contributed by atoms with Crippen LogP contribution >= 0.6 is 0 Å². The maximum absolute atomic E-state index is 13.8. The van der Waals surface area contributed by atoms with Crippen LogP contribution in [-0.2, 0) is 4.79 Å². The van der Waals surface area contributed by atoms with E-state index in [4.69, 9.17) is 9.47 Å². The van der Waals surface area contributed by atoms with E-state index in [9.17, 15) is 13.6 Å². The largest absolute Gasteiger partial charge is 0.497 e. The molecule has 0 atom stereocenters. The van der Waals surface area contributed by atoms with Crippen molar-refractivity contribution in [1.29, 1.82) is 0 Å². The van der Waals surface area contributed by atoms with Gasteiger partial charge in [0.15, 0.2) is 6.61 Å². The molecule has 0 unspecified atom stereocenters. The van der Waals surface area contributed by atoms with E-state index in [1.165, 1.54) is 0 Å². The van der Waals surface area contributed by atoms with Gasteiger partial charge in [-0.3, -0.25) is 4.79 Å². The van der Waals surface area contributed by atoms with Gasteiger partial charge in [0.2, 0.25) is 0 Å². The molecule has 0 spiro atoms. The number of ether oxygens (including phenoxy) is 2. The minimum Gasteiger partial charge on any atom is -0.497 e. The normalized spacial score (nSPS) is 10.7. The monoisotopic (exact) mass is 420 g/mol. The molecule has 1 heterocycles. The zero-order valence-corrected chi connectivity index (χ0v) is 16.6. The van der Waals surface area contributed by atoms with Gasteiger partial charge in [0.05, 0.1) is 24.0 Å². The van der Waals surface area contributed by atoms with Gasteiger partial charge in [-0.25, -0.2) is 13.8 Å². The predicted octanol–water partition coefficient (Wildman–Crippen LogP) is 5.21. The van der Waals surface area contributed by atoms with E-state index >= 15 is 0 Å². The Morgan fingerprint density at radius 2 is 1.77 bits per heavy atom. The maximum Gasteiger partial charge on any atom is 0.262 e. The van der Waals surface area contributed by atoms with Crippen molar-refractivity contribution in [2.45, 2.75) is 0 Å². The highest BCUT2D eigenvalue weighted by Gasteiger charge is 2.12. The van der Waals surface area contributed by atoms with Crippen LogP contribution in [-0.4, -0.2) is 24.6 Å². The first-order valence-corrected chi connectivity index (χ1v) is 9.45. The number of amides is 1. The van der Waals surface area contributed by atoms with E-state index in [1.54, 1.807) is 13.2 Å². The van der Waals surface area contributed by atoms with Gasteiger partial charge in [0.1, 0.15) is 23.1 Å². The number of pyridine rings is 1. The van der Waals surface area contributed by atoms with E-state index in [0.717, 1.165) is 28.8 Å². The van der Waals surface area contributed by atoms with Crippen LogP contribution in [0.5, 0.6) is 11.5 Å². The van der Waals surface area contributed by atoms with E-state index in [2.05, 4.69) is 10.3 Å². The molecule has 156 valence electrons. The number of benzene rings is 3. The van der Waals surface area contributed by atoms with Crippen molar-refractivity contribution in [3.05, 3.63) is 84.4 Å². The van der Waals surface area contributed by atoms with Crippen LogP contribution in [0.25, 0.3) is 22.2 Å². The number of rotatable bonds is 6. The third kappa shape index (κ3) is 4.61. The first kappa shape index (κ1) is 20.3. The SMILES string of the molecule is COc1ccc(-c2cc(OCC(=O)Nc3ccc(F)cc3F)c3ccccc3n2)cc1. The molecule has 5 nitrogen and oxygen atoms in total. The molecule has 1 N–H and O–H groups in total. The Morgan fingerprint density at radius 3 is 2.52 bits per heavy atom. The molecule has 1 aromatic heterocycles. The molecule has 0 radical (unpaired) electrons. The van der Waals surface area contributed by atoms with E-state index in [-0.39, 0.29) is 12.3 Å². The molecule has 4 aromatic rings. The van der Waals surface area contributed by atoms with Crippen LogP contribution < -0.4 is 14.8 Å². The zero-order chi connectivity index (χ0) is 21.8. The molecule has 3 aromatic carbocycles. The van der Waals surface area contributed by atoms with Crippen molar-refractivity contribution >= 4 is 22.5 Å². The molecule has 0 aliphatic carbocycles. The van der Waals surface area contributed by atoms with Gasteiger partial charge in [-0.05, 0) is 48.5 Å². The maximum atomic E-state index is 13.8. The van der Waals surface area contributed by atoms with Crippen LogP contribution in [0.1, 0.15) is 0 Å². The van der Waals surface area contributed by atoms with Crippen LogP contribution in [0.3, 0.4) is 0 Å². The molecule has 7 heteroatoms. The Labute approximate surface area is 177 Å². The second-order valence-electron chi connectivity index (χ2n) is 6.71. The van der Waals surface area contributed by atoms with Crippen LogP contribution in [0.4, 0.5) is 14.5 Å². The number of anilines is 1. The fourth-order valence-corrected chi connectivity index (χ4v) is 3.09. The fraction of sp³-hybridized carbons (Fsp3) is 0.0833. The highest BCUT2D eigenvalue weighted by molar-refractivity contribution is 5.93. The fourth-order valence-electron chi connectivity index (χ4n) is 3.09. The summed E-state index contributed by atoms with van der Waals surface area (Å²) in [7, 11) is 1.60.